The van der Waals surface area contributed by atoms with Crippen molar-refractivity contribution in [3.63, 3.8) is 0 Å². The van der Waals surface area contributed by atoms with Gasteiger partial charge in [-0.3, -0.25) is 0 Å². The highest BCUT2D eigenvalue weighted by Gasteiger charge is 2.30. The van der Waals surface area contributed by atoms with Gasteiger partial charge in [0.1, 0.15) is 0 Å². The standard InChI is InChI=1S/C16H18ClNS/c1-2-18-16(14-9-10-15(17)19-14)13-8-7-11-5-3-4-6-12(11)13/h3-6,9-10,13,16,18H,2,7-8H2,1H3. The van der Waals surface area contributed by atoms with Crippen LogP contribution in [-0.4, -0.2) is 6.54 Å². The van der Waals surface area contributed by atoms with Crippen LogP contribution in [0.3, 0.4) is 0 Å². The lowest BCUT2D eigenvalue weighted by Crippen LogP contribution is -2.25. The molecule has 1 aliphatic carbocycles. The Hall–Kier alpha value is -0.830. The molecule has 100 valence electrons. The summed E-state index contributed by atoms with van der Waals surface area (Å²) in [5.41, 5.74) is 3.02. The molecule has 1 N–H and O–H groups in total. The van der Waals surface area contributed by atoms with Crippen molar-refractivity contribution in [3.8, 4) is 0 Å². The van der Waals surface area contributed by atoms with Gasteiger partial charge in [0, 0.05) is 16.8 Å². The second kappa shape index (κ2) is 5.66. The largest absolute Gasteiger partial charge is 0.309 e. The average Bonchev–Trinajstić information content (AvgIpc) is 3.03. The molecule has 0 amide bonds. The van der Waals surface area contributed by atoms with Gasteiger partial charge in [-0.1, -0.05) is 42.8 Å². The van der Waals surface area contributed by atoms with Gasteiger partial charge in [0.05, 0.1) is 4.34 Å². The summed E-state index contributed by atoms with van der Waals surface area (Å²) in [5.74, 6) is 0.575. The highest BCUT2D eigenvalue weighted by molar-refractivity contribution is 7.16. The molecule has 0 saturated heterocycles. The van der Waals surface area contributed by atoms with Gasteiger partial charge in [-0.2, -0.15) is 0 Å². The number of fused-ring (bicyclic) bond motifs is 1. The first kappa shape index (κ1) is 13.2. The predicted octanol–water partition coefficient (Wildman–Crippen LogP) is 4.78. The smallest absolute Gasteiger partial charge is 0.0931 e. The first-order valence-electron chi connectivity index (χ1n) is 6.86. The molecule has 1 nitrogen and oxygen atoms in total. The van der Waals surface area contributed by atoms with Crippen LogP contribution >= 0.6 is 22.9 Å². The normalized spacial score (nSPS) is 19.4. The lowest BCUT2D eigenvalue weighted by atomic mass is 9.92. The fourth-order valence-electron chi connectivity index (χ4n) is 3.09. The number of aryl methyl sites for hydroxylation is 1. The Morgan fingerprint density at radius 2 is 2.16 bits per heavy atom. The molecule has 0 bridgehead atoms. The van der Waals surface area contributed by atoms with Crippen LogP contribution in [0.2, 0.25) is 4.34 Å². The summed E-state index contributed by atoms with van der Waals surface area (Å²) in [6.07, 6.45) is 2.42. The predicted molar refractivity (Wildman–Crippen MR) is 83.3 cm³/mol. The number of hydrogen-bond acceptors (Lipinski definition) is 2. The van der Waals surface area contributed by atoms with E-state index < -0.39 is 0 Å². The first-order valence-corrected chi connectivity index (χ1v) is 8.05. The summed E-state index contributed by atoms with van der Waals surface area (Å²) in [6, 6.07) is 13.4. The molecule has 0 spiro atoms. The molecule has 1 aromatic carbocycles. The van der Waals surface area contributed by atoms with E-state index in [0.717, 1.165) is 10.9 Å². The van der Waals surface area contributed by atoms with E-state index in [4.69, 9.17) is 11.6 Å². The third kappa shape index (κ3) is 2.58. The van der Waals surface area contributed by atoms with Crippen molar-refractivity contribution in [1.82, 2.24) is 5.32 Å². The average molecular weight is 292 g/mol. The Bertz CT molecular complexity index is 563. The quantitative estimate of drug-likeness (QED) is 0.854. The van der Waals surface area contributed by atoms with Crippen LogP contribution in [0.25, 0.3) is 0 Å². The molecule has 19 heavy (non-hydrogen) atoms. The van der Waals surface area contributed by atoms with Crippen molar-refractivity contribution < 1.29 is 0 Å². The molecule has 0 radical (unpaired) electrons. The van der Waals surface area contributed by atoms with E-state index >= 15 is 0 Å². The summed E-state index contributed by atoms with van der Waals surface area (Å²) < 4.78 is 0.879. The van der Waals surface area contributed by atoms with E-state index in [9.17, 15) is 0 Å². The molecule has 0 aliphatic heterocycles. The van der Waals surface area contributed by atoms with E-state index in [1.165, 1.54) is 28.8 Å². The Labute approximate surface area is 123 Å². The van der Waals surface area contributed by atoms with Gasteiger partial charge >= 0.3 is 0 Å². The maximum Gasteiger partial charge on any atom is 0.0931 e. The lowest BCUT2D eigenvalue weighted by molar-refractivity contribution is 0.459. The van der Waals surface area contributed by atoms with Crippen LogP contribution in [0.5, 0.6) is 0 Å². The van der Waals surface area contributed by atoms with Gasteiger partial charge in [-0.15, -0.1) is 11.3 Å². The molecule has 1 aromatic heterocycles. The zero-order valence-electron chi connectivity index (χ0n) is 11.0. The number of hydrogen-bond donors (Lipinski definition) is 1. The molecule has 2 unspecified atom stereocenters. The number of likely N-dealkylation sites (N-methyl/N-ethyl adjacent to an activating group) is 1. The summed E-state index contributed by atoms with van der Waals surface area (Å²) in [6.45, 7) is 3.15. The second-order valence-corrected chi connectivity index (χ2v) is 6.77. The van der Waals surface area contributed by atoms with Gasteiger partial charge in [-0.05, 0) is 42.6 Å². The van der Waals surface area contributed by atoms with Crippen molar-refractivity contribution in [2.75, 3.05) is 6.54 Å². The molecular weight excluding hydrogens is 274 g/mol. The highest BCUT2D eigenvalue weighted by Crippen LogP contribution is 2.43. The van der Waals surface area contributed by atoms with E-state index in [1.807, 2.05) is 6.07 Å². The third-order valence-electron chi connectivity index (χ3n) is 3.91. The minimum atomic E-state index is 0.395. The fourth-order valence-corrected chi connectivity index (χ4v) is 4.29. The molecule has 0 fully saturated rings. The van der Waals surface area contributed by atoms with Crippen LogP contribution in [0.15, 0.2) is 36.4 Å². The zero-order chi connectivity index (χ0) is 13.2. The molecule has 0 saturated carbocycles. The molecular formula is C16H18ClNS. The lowest BCUT2D eigenvalue weighted by Gasteiger charge is -2.24. The zero-order valence-corrected chi connectivity index (χ0v) is 12.6. The third-order valence-corrected chi connectivity index (χ3v) is 5.22. The Kier molecular flexibility index (Phi) is 3.92. The van der Waals surface area contributed by atoms with E-state index in [-0.39, 0.29) is 0 Å². The number of halogens is 1. The van der Waals surface area contributed by atoms with E-state index in [0.29, 0.717) is 12.0 Å². The Balaban J connectivity index is 1.94. The number of thiophene rings is 1. The topological polar surface area (TPSA) is 12.0 Å². The molecule has 3 heteroatoms. The van der Waals surface area contributed by atoms with Crippen LogP contribution in [-0.2, 0) is 6.42 Å². The van der Waals surface area contributed by atoms with Gasteiger partial charge < -0.3 is 5.32 Å². The molecule has 1 heterocycles. The van der Waals surface area contributed by atoms with Gasteiger partial charge in [-0.25, -0.2) is 0 Å². The summed E-state index contributed by atoms with van der Waals surface area (Å²) in [5, 5.41) is 3.65. The van der Waals surface area contributed by atoms with Gasteiger partial charge in [0.25, 0.3) is 0 Å². The van der Waals surface area contributed by atoms with Crippen molar-refractivity contribution >= 4 is 22.9 Å². The number of rotatable bonds is 4. The van der Waals surface area contributed by atoms with E-state index in [2.05, 4.69) is 42.6 Å². The summed E-state index contributed by atoms with van der Waals surface area (Å²) in [7, 11) is 0. The Morgan fingerprint density at radius 3 is 2.89 bits per heavy atom. The molecule has 2 aromatic rings. The van der Waals surface area contributed by atoms with Crippen molar-refractivity contribution in [2.45, 2.75) is 31.7 Å². The first-order chi connectivity index (χ1) is 9.29. The minimum absolute atomic E-state index is 0.395. The number of benzene rings is 1. The molecule has 3 rings (SSSR count). The van der Waals surface area contributed by atoms with E-state index in [1.54, 1.807) is 11.3 Å². The minimum Gasteiger partial charge on any atom is -0.309 e. The van der Waals surface area contributed by atoms with Crippen molar-refractivity contribution in [2.24, 2.45) is 0 Å². The maximum atomic E-state index is 6.10. The maximum absolute atomic E-state index is 6.10. The van der Waals surface area contributed by atoms with Crippen molar-refractivity contribution in [3.05, 3.63) is 56.7 Å². The fraction of sp³-hybridized carbons (Fsp3) is 0.375. The number of nitrogens with one attached hydrogen (secondary N) is 1. The van der Waals surface area contributed by atoms with Crippen LogP contribution in [0.1, 0.15) is 41.3 Å². The second-order valence-electron chi connectivity index (χ2n) is 5.02. The monoisotopic (exact) mass is 291 g/mol. The SMILES string of the molecule is CCNC(c1ccc(Cl)s1)C1CCc2ccccc21. The summed E-state index contributed by atoms with van der Waals surface area (Å²) >= 11 is 7.80. The molecule has 1 aliphatic rings. The van der Waals surface area contributed by atoms with Gasteiger partial charge in [0.2, 0.25) is 0 Å². The highest BCUT2D eigenvalue weighted by atomic mass is 35.5. The molecule has 2 atom stereocenters. The van der Waals surface area contributed by atoms with Crippen molar-refractivity contribution in [1.29, 1.82) is 0 Å². The van der Waals surface area contributed by atoms with Crippen LogP contribution < -0.4 is 5.32 Å². The van der Waals surface area contributed by atoms with Crippen LogP contribution in [0, 0.1) is 0 Å². The van der Waals surface area contributed by atoms with Crippen LogP contribution in [0.4, 0.5) is 0 Å². The Morgan fingerprint density at radius 1 is 1.32 bits per heavy atom. The van der Waals surface area contributed by atoms with Gasteiger partial charge in [0.15, 0.2) is 0 Å². The summed E-state index contributed by atoms with van der Waals surface area (Å²) in [4.78, 5) is 1.36.